The zero-order chi connectivity index (χ0) is 33.9. The van der Waals surface area contributed by atoms with E-state index in [1.807, 2.05) is 37.3 Å². The van der Waals surface area contributed by atoms with Gasteiger partial charge in [-0.05, 0) is 35.7 Å². The summed E-state index contributed by atoms with van der Waals surface area (Å²) in [6.45, 7) is 13.1. The van der Waals surface area contributed by atoms with Crippen molar-refractivity contribution >= 4 is 67.1 Å². The number of hydrogen-bond donors (Lipinski definition) is 2. The van der Waals surface area contributed by atoms with Gasteiger partial charge in [-0.1, -0.05) is 81.9 Å². The molecule has 1 fully saturated rings. The Bertz CT molecular complexity index is 1500. The molecule has 0 radical (unpaired) electrons. The number of nitrogens with one attached hydrogen (secondary N) is 1. The maximum absolute atomic E-state index is 14.0. The summed E-state index contributed by atoms with van der Waals surface area (Å²) in [5, 5.41) is 24.3. The fraction of sp³-hybridized carbons (Fsp3) is 0.469. The van der Waals surface area contributed by atoms with Crippen LogP contribution in [0, 0.1) is 16.0 Å². The van der Waals surface area contributed by atoms with Gasteiger partial charge >= 0.3 is 5.97 Å². The van der Waals surface area contributed by atoms with Crippen LogP contribution in [-0.4, -0.2) is 57.1 Å². The van der Waals surface area contributed by atoms with Crippen molar-refractivity contribution in [3.8, 4) is 0 Å². The number of carboxylic acids is 1. The van der Waals surface area contributed by atoms with Gasteiger partial charge in [-0.3, -0.25) is 24.6 Å². The maximum Gasteiger partial charge on any atom is 0.354 e. The first-order valence-electron chi connectivity index (χ1n) is 15.1. The minimum absolute atomic E-state index is 0.0179. The largest absolute Gasteiger partial charge is 0.477 e. The Balaban J connectivity index is 1.57. The van der Waals surface area contributed by atoms with Crippen LogP contribution in [-0.2, 0) is 31.1 Å². The molecule has 10 nitrogen and oxygen atoms in total. The molecule has 2 aromatic carbocycles. The predicted octanol–water partition coefficient (Wildman–Crippen LogP) is 7.18. The summed E-state index contributed by atoms with van der Waals surface area (Å²) in [5.74, 6) is -1.51. The summed E-state index contributed by atoms with van der Waals surface area (Å²) in [6.07, 6.45) is 0.328. The Labute approximate surface area is 283 Å². The van der Waals surface area contributed by atoms with Crippen LogP contribution in [0.5, 0.6) is 0 Å². The third kappa shape index (κ3) is 7.67. The van der Waals surface area contributed by atoms with Crippen LogP contribution in [0.1, 0.15) is 51.7 Å². The fourth-order valence-corrected chi connectivity index (χ4v) is 11.4. The first-order chi connectivity index (χ1) is 21.6. The summed E-state index contributed by atoms with van der Waals surface area (Å²) in [5.41, 5.74) is 1.71. The van der Waals surface area contributed by atoms with Gasteiger partial charge in [-0.25, -0.2) is 4.79 Å². The molecular weight excluding hydrogens is 663 g/mol. The summed E-state index contributed by atoms with van der Waals surface area (Å²) < 4.78 is 6.33. The van der Waals surface area contributed by atoms with Crippen LogP contribution in [0.25, 0.3) is 0 Å². The fourth-order valence-electron chi connectivity index (χ4n) is 4.99. The molecule has 1 saturated heterocycles. The molecule has 46 heavy (non-hydrogen) atoms. The first-order valence-corrected chi connectivity index (χ1v) is 20.8. The second-order valence-electron chi connectivity index (χ2n) is 12.7. The molecule has 2 N–H and O–H groups in total. The van der Waals surface area contributed by atoms with Crippen LogP contribution in [0.4, 0.5) is 5.69 Å². The lowest BCUT2D eigenvalue weighted by molar-refractivity contribution is -0.384. The number of nitrogens with zero attached hydrogens (tertiary/aromatic N) is 2. The van der Waals surface area contributed by atoms with Crippen LogP contribution in [0.2, 0.25) is 18.1 Å². The van der Waals surface area contributed by atoms with Gasteiger partial charge in [0.15, 0.2) is 18.2 Å². The first kappa shape index (κ1) is 36.1. The number of β-lactam (4-membered cyclic amide) rings is 1. The molecule has 2 aromatic rings. The maximum atomic E-state index is 14.0. The number of hydrogen-bond acceptors (Lipinski definition) is 9. The second kappa shape index (κ2) is 14.5. The molecule has 3 atom stereocenters. The van der Waals surface area contributed by atoms with Crippen molar-refractivity contribution in [2.24, 2.45) is 5.92 Å². The van der Waals surface area contributed by atoms with Gasteiger partial charge in [0.05, 0.1) is 15.3 Å². The lowest BCUT2D eigenvalue weighted by atomic mass is 9.89. The van der Waals surface area contributed by atoms with E-state index in [4.69, 9.17) is 4.43 Å². The van der Waals surface area contributed by atoms with E-state index in [2.05, 4.69) is 39.2 Å². The third-order valence-electron chi connectivity index (χ3n) is 8.56. The number of carbonyl (C=O) groups excluding carboxylic acids is 2. The Morgan fingerprint density at radius 1 is 1.15 bits per heavy atom. The lowest BCUT2D eigenvalue weighted by Crippen LogP contribution is -2.69. The lowest BCUT2D eigenvalue weighted by Gasteiger charge is -2.56. The van der Waals surface area contributed by atoms with Gasteiger partial charge in [0.25, 0.3) is 5.69 Å². The van der Waals surface area contributed by atoms with E-state index in [1.165, 1.54) is 52.3 Å². The number of amides is 2. The highest BCUT2D eigenvalue weighted by atomic mass is 32.2. The number of non-ortho nitro benzene ring substituents is 1. The van der Waals surface area contributed by atoms with E-state index in [0.29, 0.717) is 28.7 Å². The number of benzene rings is 2. The molecule has 2 aliphatic rings. The van der Waals surface area contributed by atoms with Crippen molar-refractivity contribution < 1.29 is 28.8 Å². The topological polar surface area (TPSA) is 139 Å². The number of aliphatic carboxylic acids is 1. The van der Waals surface area contributed by atoms with Gasteiger partial charge in [0, 0.05) is 36.6 Å². The monoisotopic (exact) mass is 703 g/mol. The summed E-state index contributed by atoms with van der Waals surface area (Å²) in [7, 11) is -2.30. The molecule has 4 rings (SSSR count). The molecule has 0 spiro atoms. The Hall–Kier alpha value is -2.78. The third-order valence-corrected chi connectivity index (χ3v) is 17.6. The van der Waals surface area contributed by atoms with Crippen LogP contribution >= 0.6 is 35.3 Å². The number of fused-ring (bicyclic) bond motifs is 1. The van der Waals surface area contributed by atoms with Gasteiger partial charge < -0.3 is 14.8 Å². The zero-order valence-corrected chi connectivity index (χ0v) is 30.4. The van der Waals surface area contributed by atoms with E-state index in [-0.39, 0.29) is 34.7 Å². The molecule has 2 aliphatic heterocycles. The quantitative estimate of drug-likeness (QED) is 0.0849. The van der Waals surface area contributed by atoms with Crippen molar-refractivity contribution in [1.29, 1.82) is 0 Å². The number of nitro groups is 1. The Morgan fingerprint density at radius 2 is 1.80 bits per heavy atom. The Morgan fingerprint density at radius 3 is 2.37 bits per heavy atom. The van der Waals surface area contributed by atoms with Crippen molar-refractivity contribution in [3.63, 3.8) is 0 Å². The van der Waals surface area contributed by atoms with E-state index < -0.39 is 35.4 Å². The number of carboxylic acid groups (broad SMARTS) is 1. The molecule has 248 valence electrons. The van der Waals surface area contributed by atoms with Crippen molar-refractivity contribution in [1.82, 2.24) is 10.2 Å². The summed E-state index contributed by atoms with van der Waals surface area (Å²) in [6, 6.07) is 15.8. The smallest absolute Gasteiger partial charge is 0.354 e. The highest BCUT2D eigenvalue weighted by Gasteiger charge is 2.70. The average molecular weight is 704 g/mol. The highest BCUT2D eigenvalue weighted by Crippen LogP contribution is 2.67. The number of rotatable bonds is 15. The molecule has 2 heterocycles. The van der Waals surface area contributed by atoms with E-state index in [0.717, 1.165) is 11.1 Å². The van der Waals surface area contributed by atoms with E-state index in [9.17, 15) is 29.6 Å². The van der Waals surface area contributed by atoms with Gasteiger partial charge in [-0.15, -0.1) is 23.5 Å². The molecule has 0 unspecified atom stereocenters. The van der Waals surface area contributed by atoms with Crippen LogP contribution in [0.3, 0.4) is 0 Å². The predicted molar refractivity (Wildman–Crippen MR) is 187 cm³/mol. The number of carbonyl (C=O) groups is 3. The standard InChI is InChI=1S/C32H41N3O7S3Si/c1-7-24(42-46(5,6)31(2,3)4)26-28(37)34-27(29(38)39)30(43-18-17-25(36)33-19-21-11-9-8-10-12-21)45-32(26,34)44-20-22-13-15-23(16-14-22)35(40)41/h8-16,24,26H,7,17-20H2,1-6H3,(H,33,36)(H,38,39)/t24-,26+,32+/m0/s1. The summed E-state index contributed by atoms with van der Waals surface area (Å²) >= 11 is 4.06. The van der Waals surface area contributed by atoms with Gasteiger partial charge in [0.2, 0.25) is 11.8 Å². The van der Waals surface area contributed by atoms with E-state index >= 15 is 0 Å². The molecule has 2 amide bonds. The SMILES string of the molecule is CC[C@H](O[Si](C)(C)C(C)(C)C)[C@@H]1C(=O)N2C(C(=O)O)=C(SCCC(=O)NCc3ccccc3)S[C@]12SCc1ccc([N+](=O)[O-])cc1. The van der Waals surface area contributed by atoms with Gasteiger partial charge in [0.1, 0.15) is 5.92 Å². The molecule has 0 saturated carbocycles. The molecule has 0 aromatic heterocycles. The van der Waals surface area contributed by atoms with E-state index in [1.54, 1.807) is 12.1 Å². The minimum Gasteiger partial charge on any atom is -0.477 e. The summed E-state index contributed by atoms with van der Waals surface area (Å²) in [4.78, 5) is 51.4. The number of thioether (sulfide) groups is 3. The highest BCUT2D eigenvalue weighted by molar-refractivity contribution is 8.29. The van der Waals surface area contributed by atoms with Crippen LogP contribution < -0.4 is 5.32 Å². The normalized spacial score (nSPS) is 20.3. The average Bonchev–Trinajstić information content (AvgIpc) is 3.29. The van der Waals surface area contributed by atoms with Gasteiger partial charge in [-0.2, -0.15) is 0 Å². The Kier molecular flexibility index (Phi) is 11.4. The second-order valence-corrected chi connectivity index (χ2v) is 21.5. The molecule has 0 bridgehead atoms. The molecule has 14 heteroatoms. The zero-order valence-electron chi connectivity index (χ0n) is 26.9. The van der Waals surface area contributed by atoms with Crippen molar-refractivity contribution in [2.45, 2.75) is 81.3 Å². The van der Waals surface area contributed by atoms with Crippen LogP contribution in [0.15, 0.2) is 64.5 Å². The molecule has 0 aliphatic carbocycles. The number of nitro benzene ring substituents is 1. The minimum atomic E-state index is -2.30. The van der Waals surface area contributed by atoms with Crippen molar-refractivity contribution in [2.75, 3.05) is 5.75 Å². The van der Waals surface area contributed by atoms with Crippen molar-refractivity contribution in [3.05, 3.63) is 85.8 Å². The molecular formula is C32H41N3O7S3Si.